The number of piperidine rings is 1. The largest absolute Gasteiger partial charge is 0.481 e. The van der Waals surface area contributed by atoms with E-state index in [0.717, 1.165) is 10.3 Å². The molecule has 5 rings (SSSR count). The highest BCUT2D eigenvalue weighted by Crippen LogP contribution is 2.46. The van der Waals surface area contributed by atoms with E-state index < -0.39 is 29.1 Å². The van der Waals surface area contributed by atoms with Crippen LogP contribution >= 0.6 is 11.3 Å². The van der Waals surface area contributed by atoms with Gasteiger partial charge < -0.3 is 20.6 Å². The van der Waals surface area contributed by atoms with Gasteiger partial charge in [-0.15, -0.1) is 11.3 Å². The number of carboxylic acid groups (broad SMARTS) is 1. The van der Waals surface area contributed by atoms with Gasteiger partial charge in [0.15, 0.2) is 0 Å². The van der Waals surface area contributed by atoms with Gasteiger partial charge in [-0.1, -0.05) is 0 Å². The summed E-state index contributed by atoms with van der Waals surface area (Å²) in [5.41, 5.74) is 3.08. The first-order chi connectivity index (χ1) is 18.8. The number of aliphatic imine (C=N–C) groups is 1. The van der Waals surface area contributed by atoms with Crippen LogP contribution in [0.1, 0.15) is 26.1 Å². The summed E-state index contributed by atoms with van der Waals surface area (Å²) in [5, 5.41) is 28.8. The molecule has 3 atom stereocenters. The first-order valence-corrected chi connectivity index (χ1v) is 13.3. The predicted molar refractivity (Wildman–Crippen MR) is 147 cm³/mol. The van der Waals surface area contributed by atoms with E-state index in [1.807, 2.05) is 18.2 Å². The van der Waals surface area contributed by atoms with Crippen LogP contribution in [-0.4, -0.2) is 63.7 Å². The lowest BCUT2D eigenvalue weighted by atomic mass is 9.68. The summed E-state index contributed by atoms with van der Waals surface area (Å²) >= 11 is 1.44. The first kappa shape index (κ1) is 26.2. The molecule has 4 heterocycles. The zero-order valence-electron chi connectivity index (χ0n) is 21.4. The second-order valence-corrected chi connectivity index (χ2v) is 10.4. The topological polar surface area (TPSA) is 169 Å². The lowest BCUT2D eigenvalue weighted by molar-refractivity contribution is -0.155. The number of carbonyl (C=O) groups excluding carboxylic acids is 1. The number of carbonyl (C=O) groups is 2. The molecule has 2 aromatic heterocycles. The molecule has 12 nitrogen and oxygen atoms in total. The van der Waals surface area contributed by atoms with E-state index >= 15 is 0 Å². The number of carboxylic acids is 1. The second kappa shape index (κ2) is 10.4. The number of nitrogens with zero attached hydrogens (tertiary/aromatic N) is 6. The molecule has 1 fully saturated rings. The Bertz CT molecular complexity index is 1530. The lowest BCUT2D eigenvalue weighted by Crippen LogP contribution is -2.71. The Morgan fingerprint density at radius 3 is 2.97 bits per heavy atom. The summed E-state index contributed by atoms with van der Waals surface area (Å²) in [6.45, 7) is 4.72. The van der Waals surface area contributed by atoms with Gasteiger partial charge in [-0.05, 0) is 51.1 Å². The molecule has 0 spiro atoms. The minimum absolute atomic E-state index is 0.0378. The third-order valence-corrected chi connectivity index (χ3v) is 8.11. The van der Waals surface area contributed by atoms with Crippen LogP contribution < -0.4 is 20.9 Å². The van der Waals surface area contributed by atoms with Crippen molar-refractivity contribution in [1.29, 1.82) is 5.26 Å². The van der Waals surface area contributed by atoms with E-state index in [4.69, 9.17) is 4.99 Å². The third kappa shape index (κ3) is 4.58. The quantitative estimate of drug-likeness (QED) is 0.364. The molecule has 13 heteroatoms. The molecule has 0 saturated carbocycles. The zero-order chi connectivity index (χ0) is 27.6. The normalized spacial score (nSPS) is 24.3. The van der Waals surface area contributed by atoms with E-state index in [0.29, 0.717) is 43.0 Å². The predicted octanol–water partition coefficient (Wildman–Crippen LogP) is 2.70. The number of rotatable bonds is 6. The number of allylic oxidation sites excluding steroid dienone is 1. The molecule has 0 aliphatic carbocycles. The van der Waals surface area contributed by atoms with Gasteiger partial charge in [0.05, 0.1) is 32.8 Å². The minimum Gasteiger partial charge on any atom is -0.481 e. The number of urea groups is 1. The number of aliphatic carboxylic acids is 1. The number of amides is 2. The fourth-order valence-electron chi connectivity index (χ4n) is 5.23. The Morgan fingerprint density at radius 2 is 2.21 bits per heavy atom. The number of benzene rings is 1. The zero-order valence-corrected chi connectivity index (χ0v) is 22.2. The molecule has 1 aromatic carbocycles. The van der Waals surface area contributed by atoms with Crippen LogP contribution in [0.25, 0.3) is 21.5 Å². The van der Waals surface area contributed by atoms with Crippen molar-refractivity contribution in [1.82, 2.24) is 30.9 Å². The van der Waals surface area contributed by atoms with Crippen LogP contribution in [0.15, 0.2) is 47.2 Å². The van der Waals surface area contributed by atoms with Crippen molar-refractivity contribution in [3.63, 3.8) is 0 Å². The number of aromatic nitrogens is 3. The molecule has 3 unspecified atom stereocenters. The molecule has 0 radical (unpaired) electrons. The van der Waals surface area contributed by atoms with E-state index in [1.165, 1.54) is 17.5 Å². The number of anilines is 1. The molecular formula is C26H27N9O3S. The smallest absolute Gasteiger partial charge is 0.318 e. The van der Waals surface area contributed by atoms with Gasteiger partial charge in [0.1, 0.15) is 6.07 Å². The van der Waals surface area contributed by atoms with Crippen molar-refractivity contribution < 1.29 is 14.7 Å². The standard InChI is InChI=1S/C26H27N9O3S/c1-3-29-24(38)34-26(20-14-28-9-6-25(20,2)23(36)37)32-7-4-10-35(26)16-11-17(22-19(12-16)31-15-39-22)18-5-8-30-21(13-27)33-18/h4-5,7-8,10-12,15,20,28H,3,6,9,14H2,1-2H3,(H,36,37)(H2,29,34,38). The summed E-state index contributed by atoms with van der Waals surface area (Å²) in [6, 6.07) is 6.98. The van der Waals surface area contributed by atoms with E-state index in [-0.39, 0.29) is 5.82 Å². The van der Waals surface area contributed by atoms with Crippen LogP contribution in [0.2, 0.25) is 0 Å². The summed E-state index contributed by atoms with van der Waals surface area (Å²) in [5.74, 6) is -3.08. The van der Waals surface area contributed by atoms with Crippen molar-refractivity contribution in [2.24, 2.45) is 16.3 Å². The molecule has 1 saturated heterocycles. The molecule has 2 amide bonds. The van der Waals surface area contributed by atoms with Gasteiger partial charge in [-0.2, -0.15) is 5.26 Å². The van der Waals surface area contributed by atoms with E-state index in [2.05, 4.69) is 30.9 Å². The second-order valence-electron chi connectivity index (χ2n) is 9.50. The van der Waals surface area contributed by atoms with E-state index in [9.17, 15) is 20.0 Å². The number of hydrogen-bond acceptors (Lipinski definition) is 10. The number of hydrogen-bond donors (Lipinski definition) is 4. The molecule has 0 bridgehead atoms. The lowest BCUT2D eigenvalue weighted by Gasteiger charge is -2.52. The average Bonchev–Trinajstić information content (AvgIpc) is 3.42. The van der Waals surface area contributed by atoms with Gasteiger partial charge in [-0.3, -0.25) is 10.1 Å². The van der Waals surface area contributed by atoms with Gasteiger partial charge >= 0.3 is 12.0 Å². The SMILES string of the molecule is CCNC(=O)NC1(C2CNCCC2(C)C(=O)O)N=CC=CN1c1cc(-c2ccnc(C#N)n2)c2scnc2c1. The van der Waals surface area contributed by atoms with Gasteiger partial charge in [0, 0.05) is 43.0 Å². The fourth-order valence-corrected chi connectivity index (χ4v) is 6.03. The Labute approximate surface area is 228 Å². The highest BCUT2D eigenvalue weighted by Gasteiger charge is 2.57. The van der Waals surface area contributed by atoms with Crippen LogP contribution in [0.3, 0.4) is 0 Å². The number of thiazole rings is 1. The number of fused-ring (bicyclic) bond motifs is 1. The average molecular weight is 546 g/mol. The van der Waals surface area contributed by atoms with Crippen molar-refractivity contribution >= 4 is 45.5 Å². The molecule has 3 aromatic rings. The molecule has 4 N–H and O–H groups in total. The maximum Gasteiger partial charge on any atom is 0.318 e. The summed E-state index contributed by atoms with van der Waals surface area (Å²) < 4.78 is 0.864. The summed E-state index contributed by atoms with van der Waals surface area (Å²) in [7, 11) is 0. The Balaban J connectivity index is 1.72. The highest BCUT2D eigenvalue weighted by atomic mass is 32.1. The maximum atomic E-state index is 13.1. The first-order valence-electron chi connectivity index (χ1n) is 12.4. The minimum atomic E-state index is -1.49. The third-order valence-electron chi connectivity index (χ3n) is 7.23. The molecule has 2 aliphatic rings. The number of nitrogens with one attached hydrogen (secondary N) is 3. The van der Waals surface area contributed by atoms with Crippen molar-refractivity contribution in [3.8, 4) is 17.3 Å². The Morgan fingerprint density at radius 1 is 1.36 bits per heavy atom. The van der Waals surface area contributed by atoms with E-state index in [1.54, 1.807) is 48.8 Å². The van der Waals surface area contributed by atoms with Crippen LogP contribution in [0, 0.1) is 22.7 Å². The fraction of sp³-hybridized carbons (Fsp3) is 0.346. The van der Waals surface area contributed by atoms with Crippen LogP contribution in [-0.2, 0) is 4.79 Å². The van der Waals surface area contributed by atoms with Gasteiger partial charge in [-0.25, -0.2) is 24.7 Å². The van der Waals surface area contributed by atoms with Crippen LogP contribution in [0.5, 0.6) is 0 Å². The van der Waals surface area contributed by atoms with Gasteiger partial charge in [0.25, 0.3) is 0 Å². The van der Waals surface area contributed by atoms with Gasteiger partial charge in [0.2, 0.25) is 11.6 Å². The Hall–Kier alpha value is -4.41. The van der Waals surface area contributed by atoms with Crippen molar-refractivity contribution in [2.45, 2.75) is 26.1 Å². The molecule has 2 aliphatic heterocycles. The summed E-state index contributed by atoms with van der Waals surface area (Å²) in [4.78, 5) is 45.2. The molecule has 39 heavy (non-hydrogen) atoms. The summed E-state index contributed by atoms with van der Waals surface area (Å²) in [6.07, 6.45) is 6.96. The molecule has 200 valence electrons. The van der Waals surface area contributed by atoms with Crippen molar-refractivity contribution in [2.75, 3.05) is 24.5 Å². The molecular weight excluding hydrogens is 518 g/mol. The van der Waals surface area contributed by atoms with Crippen LogP contribution in [0.4, 0.5) is 10.5 Å². The highest BCUT2D eigenvalue weighted by molar-refractivity contribution is 7.17. The Kier molecular flexibility index (Phi) is 6.98. The van der Waals surface area contributed by atoms with Crippen molar-refractivity contribution in [3.05, 3.63) is 48.0 Å². The maximum absolute atomic E-state index is 13.1. The number of nitriles is 1. The monoisotopic (exact) mass is 545 g/mol.